The number of rotatable bonds is 10. The lowest BCUT2D eigenvalue weighted by Crippen LogP contribution is -2.60. The second-order valence-electron chi connectivity index (χ2n) is 14.0. The zero-order chi connectivity index (χ0) is 39.2. The molecule has 2 aliphatic rings. The summed E-state index contributed by atoms with van der Waals surface area (Å²) < 4.78 is 29.3. The van der Waals surface area contributed by atoms with Crippen LogP contribution in [-0.2, 0) is 44.2 Å². The molecule has 0 saturated carbocycles. The van der Waals surface area contributed by atoms with Crippen LogP contribution in [0.15, 0.2) is 69.7 Å². The van der Waals surface area contributed by atoms with Gasteiger partial charge in [-0.25, -0.2) is 9.59 Å². The normalized spacial score (nSPS) is 18.5. The predicted octanol–water partition coefficient (Wildman–Crippen LogP) is 4.92. The van der Waals surface area contributed by atoms with Crippen molar-refractivity contribution in [2.24, 2.45) is 10.9 Å². The van der Waals surface area contributed by atoms with Gasteiger partial charge in [-0.1, -0.05) is 47.5 Å². The minimum absolute atomic E-state index is 0.00995. The molecule has 3 amide bonds. The molecule has 2 aromatic carbocycles. The van der Waals surface area contributed by atoms with E-state index in [2.05, 4.69) is 5.32 Å². The van der Waals surface area contributed by atoms with Crippen LogP contribution in [0.3, 0.4) is 0 Å². The van der Waals surface area contributed by atoms with Crippen molar-refractivity contribution in [1.82, 2.24) is 15.1 Å². The minimum Gasteiger partial charge on any atom is -0.468 e. The molecule has 286 valence electrons. The Kier molecular flexibility index (Phi) is 13.5. The number of benzene rings is 2. The third-order valence-corrected chi connectivity index (χ3v) is 10.7. The number of alkyl carbamates (subject to hydrolysis) is 1. The Bertz CT molecular complexity index is 1810. The van der Waals surface area contributed by atoms with E-state index < -0.39 is 64.1 Å². The summed E-state index contributed by atoms with van der Waals surface area (Å²) in [4.78, 5) is 75.3. The molecule has 1 unspecified atom stereocenters. The van der Waals surface area contributed by atoms with Gasteiger partial charge in [-0.05, 0) is 64.4 Å². The summed E-state index contributed by atoms with van der Waals surface area (Å²) in [6.45, 7) is 8.93. The summed E-state index contributed by atoms with van der Waals surface area (Å²) in [5, 5.41) is 2.89. The number of aliphatic imine (C=N–C) groups is 1. The summed E-state index contributed by atoms with van der Waals surface area (Å²) >= 11 is 13.4. The first kappa shape index (κ1) is 41.5. The first-order valence-electron chi connectivity index (χ1n) is 16.8. The van der Waals surface area contributed by atoms with Gasteiger partial charge in [-0.15, -0.1) is 0 Å². The maximum atomic E-state index is 14.0. The highest BCUT2D eigenvalue weighted by molar-refractivity contribution is 7.85. The van der Waals surface area contributed by atoms with E-state index in [1.807, 2.05) is 0 Å². The average molecular weight is 792 g/mol. The molecule has 16 heteroatoms. The van der Waals surface area contributed by atoms with Crippen molar-refractivity contribution >= 4 is 69.6 Å². The van der Waals surface area contributed by atoms with Crippen LogP contribution in [0.25, 0.3) is 0 Å². The van der Waals surface area contributed by atoms with Gasteiger partial charge in [0.2, 0.25) is 11.8 Å². The van der Waals surface area contributed by atoms with Gasteiger partial charge in [0.05, 0.1) is 48.5 Å². The summed E-state index contributed by atoms with van der Waals surface area (Å²) in [6.07, 6.45) is -1.14. The molecule has 0 radical (unpaired) electrons. The second kappa shape index (κ2) is 17.3. The number of hydrogen-bond donors (Lipinski definition) is 1. The molecule has 53 heavy (non-hydrogen) atoms. The fourth-order valence-electron chi connectivity index (χ4n) is 6.18. The Morgan fingerprint density at radius 3 is 2.00 bits per heavy atom. The Morgan fingerprint density at radius 2 is 1.45 bits per heavy atom. The SMILES string of the molecule is COC(=O)C1=C(CC(=O)N2CCN(C(=O)C(C)(C)NC(=O)OC(C)(C)C)CC2)N=C(C[S@](=O)c2ccccc2)C(C(=O)OC)[C@H]1c1c(Cl)cccc1Cl. The Labute approximate surface area is 321 Å². The molecule has 13 nitrogen and oxygen atoms in total. The Hall–Kier alpha value is -4.27. The third kappa shape index (κ3) is 10.0. The van der Waals surface area contributed by atoms with E-state index in [0.717, 1.165) is 7.11 Å². The van der Waals surface area contributed by atoms with E-state index in [9.17, 15) is 28.2 Å². The lowest BCUT2D eigenvalue weighted by atomic mass is 9.75. The fraction of sp³-hybridized carbons (Fsp3) is 0.459. The highest BCUT2D eigenvalue weighted by atomic mass is 35.5. The molecule has 1 fully saturated rings. The number of methoxy groups -OCH3 is 2. The van der Waals surface area contributed by atoms with Crippen LogP contribution >= 0.6 is 23.2 Å². The number of esters is 2. The van der Waals surface area contributed by atoms with Gasteiger partial charge in [0.15, 0.2) is 0 Å². The number of hydrogen-bond acceptors (Lipinski definition) is 10. The van der Waals surface area contributed by atoms with Crippen molar-refractivity contribution in [2.75, 3.05) is 46.2 Å². The molecular formula is C37H44Cl2N4O9S. The summed E-state index contributed by atoms with van der Waals surface area (Å²) in [5.74, 6) is -5.18. The highest BCUT2D eigenvalue weighted by Crippen LogP contribution is 2.46. The lowest BCUT2D eigenvalue weighted by molar-refractivity contribution is -0.144. The summed E-state index contributed by atoms with van der Waals surface area (Å²) in [6, 6.07) is 13.3. The van der Waals surface area contributed by atoms with Crippen LogP contribution in [0, 0.1) is 5.92 Å². The highest BCUT2D eigenvalue weighted by Gasteiger charge is 2.47. The van der Waals surface area contributed by atoms with Crippen LogP contribution in [0.4, 0.5) is 4.79 Å². The van der Waals surface area contributed by atoms with Crippen molar-refractivity contribution < 1.29 is 42.4 Å². The Balaban J connectivity index is 1.68. The molecule has 2 heterocycles. The number of ether oxygens (including phenoxy) is 3. The van der Waals surface area contributed by atoms with E-state index >= 15 is 0 Å². The van der Waals surface area contributed by atoms with Crippen LogP contribution in [0.5, 0.6) is 0 Å². The largest absolute Gasteiger partial charge is 0.468 e. The van der Waals surface area contributed by atoms with Gasteiger partial charge in [0.1, 0.15) is 17.1 Å². The number of carbonyl (C=O) groups is 5. The van der Waals surface area contributed by atoms with Gasteiger partial charge >= 0.3 is 18.0 Å². The van der Waals surface area contributed by atoms with Crippen LogP contribution in [-0.4, -0.2) is 107 Å². The topological polar surface area (TPSA) is 161 Å². The molecule has 4 rings (SSSR count). The van der Waals surface area contributed by atoms with E-state index in [4.69, 9.17) is 42.4 Å². The lowest BCUT2D eigenvalue weighted by Gasteiger charge is -2.39. The average Bonchev–Trinajstić information content (AvgIpc) is 3.10. The molecule has 1 N–H and O–H groups in total. The number of halogens is 2. The van der Waals surface area contributed by atoms with Crippen molar-refractivity contribution in [2.45, 2.75) is 63.0 Å². The fourth-order valence-corrected chi connectivity index (χ4v) is 7.96. The third-order valence-electron chi connectivity index (χ3n) is 8.64. The van der Waals surface area contributed by atoms with Crippen molar-refractivity contribution in [3.05, 3.63) is 75.4 Å². The van der Waals surface area contributed by atoms with E-state index in [1.54, 1.807) is 88.0 Å². The number of carbonyl (C=O) groups excluding carboxylic acids is 5. The molecule has 0 spiro atoms. The number of piperazine rings is 1. The molecule has 0 aliphatic carbocycles. The molecular weight excluding hydrogens is 747 g/mol. The quantitative estimate of drug-likeness (QED) is 0.260. The first-order chi connectivity index (χ1) is 24.9. The zero-order valence-corrected chi connectivity index (χ0v) is 33.0. The van der Waals surface area contributed by atoms with Gasteiger partial charge < -0.3 is 29.3 Å². The van der Waals surface area contributed by atoms with E-state index in [1.165, 1.54) is 12.0 Å². The van der Waals surface area contributed by atoms with Gasteiger partial charge in [0, 0.05) is 52.7 Å². The number of nitrogens with one attached hydrogen (secondary N) is 1. The maximum absolute atomic E-state index is 14.0. The molecule has 2 aromatic rings. The van der Waals surface area contributed by atoms with Crippen molar-refractivity contribution in [3.8, 4) is 0 Å². The van der Waals surface area contributed by atoms with Gasteiger partial charge in [-0.3, -0.25) is 23.6 Å². The summed E-state index contributed by atoms with van der Waals surface area (Å²) in [7, 11) is 0.645. The molecule has 2 aliphatic heterocycles. The zero-order valence-electron chi connectivity index (χ0n) is 30.7. The van der Waals surface area contributed by atoms with Crippen molar-refractivity contribution in [3.63, 3.8) is 0 Å². The number of amides is 3. The van der Waals surface area contributed by atoms with Crippen LogP contribution in [0.1, 0.15) is 52.5 Å². The van der Waals surface area contributed by atoms with Gasteiger partial charge in [-0.2, -0.15) is 0 Å². The Morgan fingerprint density at radius 1 is 0.868 bits per heavy atom. The van der Waals surface area contributed by atoms with Crippen LogP contribution < -0.4 is 5.32 Å². The molecule has 3 atom stereocenters. The summed E-state index contributed by atoms with van der Waals surface area (Å²) in [5.41, 5.74) is -1.85. The standard InChI is InChI=1S/C37H44Cl2N4O9S/c1-36(2,3)52-35(48)41-37(4,5)34(47)43-18-16-42(17-19-43)27(44)20-25-29(32(45)50-6)31(28-23(38)14-11-15-24(28)39)30(33(46)51-7)26(40-25)21-53(49)22-12-9-8-10-13-22/h8-15,30-31H,16-21H2,1-7H3,(H,41,48)/t30?,31-,53-/m0/s1. The van der Waals surface area contributed by atoms with E-state index in [-0.39, 0.29) is 70.4 Å². The molecule has 0 bridgehead atoms. The predicted molar refractivity (Wildman–Crippen MR) is 200 cm³/mol. The monoisotopic (exact) mass is 790 g/mol. The van der Waals surface area contributed by atoms with Crippen molar-refractivity contribution in [1.29, 1.82) is 0 Å². The minimum atomic E-state index is -1.69. The maximum Gasteiger partial charge on any atom is 0.408 e. The van der Waals surface area contributed by atoms with Crippen LogP contribution in [0.2, 0.25) is 10.0 Å². The second-order valence-corrected chi connectivity index (χ2v) is 16.2. The molecule has 0 aromatic heterocycles. The van der Waals surface area contributed by atoms with Gasteiger partial charge in [0.25, 0.3) is 0 Å². The first-order valence-corrected chi connectivity index (χ1v) is 18.9. The number of nitrogens with zero attached hydrogens (tertiary/aromatic N) is 3. The smallest absolute Gasteiger partial charge is 0.408 e. The molecule has 1 saturated heterocycles. The van der Waals surface area contributed by atoms with E-state index in [0.29, 0.717) is 4.90 Å².